The van der Waals surface area contributed by atoms with Crippen molar-refractivity contribution in [1.29, 1.82) is 0 Å². The van der Waals surface area contributed by atoms with E-state index >= 15 is 0 Å². The number of hydrogen-bond donors (Lipinski definition) is 1. The second-order valence-corrected chi connectivity index (χ2v) is 6.06. The standard InChI is InChI=1S/C17H26N4O2/c1-18-17(20-12-14-6-3-5-11-22-14)21-10-8-15(13-21)23-16-7-2-4-9-19-16/h2,4,7,9,14-15H,3,5-6,8,10-13H2,1H3,(H,18,20). The highest BCUT2D eigenvalue weighted by atomic mass is 16.5. The Morgan fingerprint density at radius 2 is 2.39 bits per heavy atom. The lowest BCUT2D eigenvalue weighted by atomic mass is 10.1. The van der Waals surface area contributed by atoms with E-state index in [1.54, 1.807) is 6.20 Å². The number of nitrogens with zero attached hydrogens (tertiary/aromatic N) is 3. The minimum atomic E-state index is 0.161. The zero-order valence-corrected chi connectivity index (χ0v) is 13.8. The molecule has 6 heteroatoms. The molecule has 1 aromatic heterocycles. The van der Waals surface area contributed by atoms with Crippen LogP contribution in [0.1, 0.15) is 25.7 Å². The number of aliphatic imine (C=N–C) groups is 1. The Hall–Kier alpha value is -1.82. The maximum atomic E-state index is 5.93. The van der Waals surface area contributed by atoms with Crippen molar-refractivity contribution in [3.8, 4) is 5.88 Å². The second kappa shape index (κ2) is 8.15. The molecule has 1 aromatic rings. The SMILES string of the molecule is CN=C(NCC1CCCCO1)N1CCC(Oc2ccccn2)C1. The Morgan fingerprint density at radius 1 is 1.43 bits per heavy atom. The fraction of sp³-hybridized carbons (Fsp3) is 0.647. The molecule has 2 unspecified atom stereocenters. The van der Waals surface area contributed by atoms with E-state index in [0.29, 0.717) is 12.0 Å². The summed E-state index contributed by atoms with van der Waals surface area (Å²) in [6, 6.07) is 5.74. The first kappa shape index (κ1) is 16.1. The van der Waals surface area contributed by atoms with Crippen LogP contribution in [0.15, 0.2) is 29.4 Å². The summed E-state index contributed by atoms with van der Waals surface area (Å²) in [6.07, 6.45) is 6.79. The Labute approximate surface area is 137 Å². The molecule has 0 radical (unpaired) electrons. The largest absolute Gasteiger partial charge is 0.472 e. The van der Waals surface area contributed by atoms with Gasteiger partial charge in [-0.25, -0.2) is 4.98 Å². The van der Waals surface area contributed by atoms with Crippen LogP contribution in [0, 0.1) is 0 Å². The van der Waals surface area contributed by atoms with Crippen LogP contribution in [0.5, 0.6) is 5.88 Å². The average molecular weight is 318 g/mol. The molecule has 0 bridgehead atoms. The summed E-state index contributed by atoms with van der Waals surface area (Å²) in [7, 11) is 1.83. The van der Waals surface area contributed by atoms with E-state index in [1.165, 1.54) is 12.8 Å². The summed E-state index contributed by atoms with van der Waals surface area (Å²) >= 11 is 0. The van der Waals surface area contributed by atoms with E-state index < -0.39 is 0 Å². The van der Waals surface area contributed by atoms with Crippen molar-refractivity contribution < 1.29 is 9.47 Å². The Kier molecular flexibility index (Phi) is 5.69. The zero-order chi connectivity index (χ0) is 15.9. The maximum absolute atomic E-state index is 5.93. The highest BCUT2D eigenvalue weighted by Gasteiger charge is 2.27. The summed E-state index contributed by atoms with van der Waals surface area (Å²) in [5.41, 5.74) is 0. The molecular weight excluding hydrogens is 292 g/mol. The van der Waals surface area contributed by atoms with Crippen molar-refractivity contribution in [2.45, 2.75) is 37.9 Å². The number of aromatic nitrogens is 1. The molecule has 3 heterocycles. The molecule has 2 atom stereocenters. The normalized spacial score (nSPS) is 25.4. The van der Waals surface area contributed by atoms with Crippen LogP contribution >= 0.6 is 0 Å². The number of hydrogen-bond acceptors (Lipinski definition) is 4. The van der Waals surface area contributed by atoms with E-state index in [0.717, 1.165) is 45.0 Å². The molecular formula is C17H26N4O2. The van der Waals surface area contributed by atoms with Gasteiger partial charge in [0.2, 0.25) is 5.88 Å². The summed E-state index contributed by atoms with van der Waals surface area (Å²) in [5.74, 6) is 1.63. The quantitative estimate of drug-likeness (QED) is 0.676. The lowest BCUT2D eigenvalue weighted by Gasteiger charge is -2.26. The second-order valence-electron chi connectivity index (χ2n) is 6.06. The molecule has 0 aromatic carbocycles. The number of guanidine groups is 1. The van der Waals surface area contributed by atoms with Crippen molar-refractivity contribution in [2.75, 3.05) is 33.3 Å². The number of likely N-dealkylation sites (tertiary alicyclic amines) is 1. The molecule has 2 aliphatic heterocycles. The van der Waals surface area contributed by atoms with E-state index in [-0.39, 0.29) is 6.10 Å². The van der Waals surface area contributed by atoms with Crippen molar-refractivity contribution in [3.05, 3.63) is 24.4 Å². The molecule has 2 saturated heterocycles. The minimum absolute atomic E-state index is 0.161. The van der Waals surface area contributed by atoms with Crippen LogP contribution in [0.25, 0.3) is 0 Å². The molecule has 0 spiro atoms. The summed E-state index contributed by atoms with van der Waals surface area (Å²) < 4.78 is 11.7. The number of rotatable bonds is 4. The average Bonchev–Trinajstić information content (AvgIpc) is 3.06. The summed E-state index contributed by atoms with van der Waals surface area (Å²) in [4.78, 5) is 10.9. The molecule has 0 aliphatic carbocycles. The highest BCUT2D eigenvalue weighted by Crippen LogP contribution is 2.16. The van der Waals surface area contributed by atoms with Gasteiger partial charge in [-0.15, -0.1) is 0 Å². The highest BCUT2D eigenvalue weighted by molar-refractivity contribution is 5.80. The van der Waals surface area contributed by atoms with Gasteiger partial charge in [0.1, 0.15) is 6.10 Å². The van der Waals surface area contributed by atoms with Crippen LogP contribution in [-0.2, 0) is 4.74 Å². The number of pyridine rings is 1. The van der Waals surface area contributed by atoms with E-state index in [1.807, 2.05) is 25.2 Å². The lowest BCUT2D eigenvalue weighted by molar-refractivity contribution is 0.0191. The Bertz CT molecular complexity index is 503. The van der Waals surface area contributed by atoms with Gasteiger partial charge in [0, 0.05) is 45.4 Å². The van der Waals surface area contributed by atoms with E-state index in [9.17, 15) is 0 Å². The monoisotopic (exact) mass is 318 g/mol. The van der Waals surface area contributed by atoms with Crippen molar-refractivity contribution in [2.24, 2.45) is 4.99 Å². The van der Waals surface area contributed by atoms with Gasteiger partial charge < -0.3 is 19.7 Å². The smallest absolute Gasteiger partial charge is 0.213 e. The van der Waals surface area contributed by atoms with Gasteiger partial charge >= 0.3 is 0 Å². The van der Waals surface area contributed by atoms with Crippen LogP contribution in [-0.4, -0.2) is 61.3 Å². The van der Waals surface area contributed by atoms with Gasteiger partial charge in [0.05, 0.1) is 12.6 Å². The van der Waals surface area contributed by atoms with E-state index in [4.69, 9.17) is 9.47 Å². The van der Waals surface area contributed by atoms with Crippen LogP contribution in [0.2, 0.25) is 0 Å². The molecule has 0 saturated carbocycles. The third kappa shape index (κ3) is 4.58. The third-order valence-electron chi connectivity index (χ3n) is 4.34. The predicted molar refractivity (Wildman–Crippen MR) is 89.8 cm³/mol. The molecule has 1 N–H and O–H groups in total. The fourth-order valence-corrected chi connectivity index (χ4v) is 3.11. The van der Waals surface area contributed by atoms with Gasteiger partial charge in [-0.2, -0.15) is 0 Å². The van der Waals surface area contributed by atoms with Crippen LogP contribution in [0.3, 0.4) is 0 Å². The lowest BCUT2D eigenvalue weighted by Crippen LogP contribution is -2.44. The topological polar surface area (TPSA) is 59.0 Å². The number of ether oxygens (including phenoxy) is 2. The first-order chi connectivity index (χ1) is 11.3. The van der Waals surface area contributed by atoms with Gasteiger partial charge in [0.15, 0.2) is 5.96 Å². The maximum Gasteiger partial charge on any atom is 0.213 e. The molecule has 2 aliphatic rings. The Morgan fingerprint density at radius 3 is 3.13 bits per heavy atom. The first-order valence-electron chi connectivity index (χ1n) is 8.50. The number of nitrogens with one attached hydrogen (secondary N) is 1. The zero-order valence-electron chi connectivity index (χ0n) is 13.8. The minimum Gasteiger partial charge on any atom is -0.472 e. The van der Waals surface area contributed by atoms with Crippen molar-refractivity contribution in [1.82, 2.24) is 15.2 Å². The predicted octanol–water partition coefficient (Wildman–Crippen LogP) is 1.68. The Balaban J connectivity index is 1.46. The molecule has 126 valence electrons. The van der Waals surface area contributed by atoms with Crippen LogP contribution in [0.4, 0.5) is 0 Å². The first-order valence-corrected chi connectivity index (χ1v) is 8.50. The van der Waals surface area contributed by atoms with Gasteiger partial charge in [0.25, 0.3) is 0 Å². The molecule has 2 fully saturated rings. The summed E-state index contributed by atoms with van der Waals surface area (Å²) in [6.45, 7) is 3.49. The fourth-order valence-electron chi connectivity index (χ4n) is 3.11. The van der Waals surface area contributed by atoms with Crippen molar-refractivity contribution >= 4 is 5.96 Å². The van der Waals surface area contributed by atoms with Gasteiger partial charge in [-0.1, -0.05) is 6.07 Å². The molecule has 23 heavy (non-hydrogen) atoms. The van der Waals surface area contributed by atoms with Crippen LogP contribution < -0.4 is 10.1 Å². The van der Waals surface area contributed by atoms with Crippen molar-refractivity contribution in [3.63, 3.8) is 0 Å². The molecule has 3 rings (SSSR count). The van der Waals surface area contributed by atoms with Gasteiger partial charge in [-0.3, -0.25) is 4.99 Å². The summed E-state index contributed by atoms with van der Waals surface area (Å²) in [5, 5.41) is 3.45. The third-order valence-corrected chi connectivity index (χ3v) is 4.34. The van der Waals surface area contributed by atoms with Gasteiger partial charge in [-0.05, 0) is 25.3 Å². The van der Waals surface area contributed by atoms with E-state index in [2.05, 4.69) is 20.2 Å². The molecule has 6 nitrogen and oxygen atoms in total. The molecule has 0 amide bonds.